The Kier molecular flexibility index (Phi) is 5.07. The third kappa shape index (κ3) is 3.48. The van der Waals surface area contributed by atoms with E-state index >= 15 is 0 Å². The van der Waals surface area contributed by atoms with Crippen LogP contribution in [0.15, 0.2) is 73.1 Å². The molecule has 0 atom stereocenters. The highest BCUT2D eigenvalue weighted by atomic mass is 16.3. The minimum Gasteiger partial charge on any atom is -0.392 e. The molecule has 1 N–H and O–H groups in total. The van der Waals surface area contributed by atoms with Gasteiger partial charge < -0.3 is 9.67 Å². The van der Waals surface area contributed by atoms with Crippen molar-refractivity contribution in [3.05, 3.63) is 89.7 Å². The van der Waals surface area contributed by atoms with Crippen LogP contribution in [-0.2, 0) is 13.2 Å². The summed E-state index contributed by atoms with van der Waals surface area (Å²) in [5.41, 5.74) is 5.19. The van der Waals surface area contributed by atoms with Gasteiger partial charge in [-0.3, -0.25) is 9.69 Å². The standard InChI is InChI=1S/C26H24N4O2/c1-17(2)29-12-11-27-25(29)23-7-4-8-24(28-23)30-15-21-10-9-20(14-22(21)26(30)32)19-6-3-5-18(13-19)16-31/h3-14,17,31H,15-16H2,1-2H3. The van der Waals surface area contributed by atoms with E-state index in [4.69, 9.17) is 4.98 Å². The van der Waals surface area contributed by atoms with Gasteiger partial charge in [-0.15, -0.1) is 0 Å². The molecule has 1 aliphatic rings. The summed E-state index contributed by atoms with van der Waals surface area (Å²) in [5, 5.41) is 9.43. The fourth-order valence-corrected chi connectivity index (χ4v) is 4.14. The highest BCUT2D eigenvalue weighted by molar-refractivity contribution is 6.10. The number of aromatic nitrogens is 3. The fourth-order valence-electron chi connectivity index (χ4n) is 4.14. The molecule has 0 aliphatic carbocycles. The third-order valence-corrected chi connectivity index (χ3v) is 5.82. The van der Waals surface area contributed by atoms with Crippen LogP contribution in [0, 0.1) is 0 Å². The Labute approximate surface area is 186 Å². The van der Waals surface area contributed by atoms with E-state index < -0.39 is 0 Å². The summed E-state index contributed by atoms with van der Waals surface area (Å²) < 4.78 is 2.07. The van der Waals surface area contributed by atoms with Crippen molar-refractivity contribution in [1.82, 2.24) is 14.5 Å². The van der Waals surface area contributed by atoms with E-state index in [0.29, 0.717) is 17.9 Å². The molecule has 0 saturated carbocycles. The van der Waals surface area contributed by atoms with Gasteiger partial charge in [-0.1, -0.05) is 36.4 Å². The van der Waals surface area contributed by atoms with E-state index in [9.17, 15) is 9.90 Å². The first-order valence-corrected chi connectivity index (χ1v) is 10.7. The SMILES string of the molecule is CC(C)n1ccnc1-c1cccc(N2Cc3ccc(-c4cccc(CO)c4)cc3C2=O)n1. The number of hydrogen-bond acceptors (Lipinski definition) is 4. The number of rotatable bonds is 5. The molecular formula is C26H24N4O2. The molecule has 0 unspecified atom stereocenters. The summed E-state index contributed by atoms with van der Waals surface area (Å²) in [6.45, 7) is 4.68. The second-order valence-electron chi connectivity index (χ2n) is 8.25. The Balaban J connectivity index is 1.47. The lowest BCUT2D eigenvalue weighted by atomic mass is 9.99. The van der Waals surface area contributed by atoms with Crippen LogP contribution < -0.4 is 4.90 Å². The smallest absolute Gasteiger partial charge is 0.260 e. The molecule has 0 bridgehead atoms. The number of fused-ring (bicyclic) bond motifs is 1. The van der Waals surface area contributed by atoms with Crippen LogP contribution in [0.25, 0.3) is 22.6 Å². The zero-order valence-electron chi connectivity index (χ0n) is 18.1. The summed E-state index contributed by atoms with van der Waals surface area (Å²) in [6.07, 6.45) is 3.71. The minimum absolute atomic E-state index is 0.0114. The average Bonchev–Trinajstić information content (AvgIpc) is 3.44. The van der Waals surface area contributed by atoms with Gasteiger partial charge in [0.1, 0.15) is 11.5 Å². The number of aliphatic hydroxyl groups is 1. The maximum atomic E-state index is 13.3. The molecule has 1 aliphatic heterocycles. The molecule has 0 spiro atoms. The first kappa shape index (κ1) is 20.2. The van der Waals surface area contributed by atoms with Crippen molar-refractivity contribution >= 4 is 11.7 Å². The van der Waals surface area contributed by atoms with Crippen LogP contribution in [-0.4, -0.2) is 25.5 Å². The van der Waals surface area contributed by atoms with Crippen LogP contribution in [0.5, 0.6) is 0 Å². The number of carbonyl (C=O) groups excluding carboxylic acids is 1. The summed E-state index contributed by atoms with van der Waals surface area (Å²) >= 11 is 0. The van der Waals surface area contributed by atoms with Crippen molar-refractivity contribution in [3.8, 4) is 22.6 Å². The molecule has 2 aromatic heterocycles. The lowest BCUT2D eigenvalue weighted by Crippen LogP contribution is -2.24. The zero-order valence-corrected chi connectivity index (χ0v) is 18.1. The Morgan fingerprint density at radius 2 is 1.84 bits per heavy atom. The van der Waals surface area contributed by atoms with E-state index in [2.05, 4.69) is 23.4 Å². The quantitative estimate of drug-likeness (QED) is 0.497. The monoisotopic (exact) mass is 424 g/mol. The van der Waals surface area contributed by atoms with Crippen LogP contribution in [0.1, 0.15) is 41.4 Å². The first-order chi connectivity index (χ1) is 15.5. The largest absolute Gasteiger partial charge is 0.392 e. The van der Waals surface area contributed by atoms with Gasteiger partial charge in [-0.25, -0.2) is 9.97 Å². The van der Waals surface area contributed by atoms with Gasteiger partial charge in [0.2, 0.25) is 0 Å². The highest BCUT2D eigenvalue weighted by Gasteiger charge is 2.30. The van der Waals surface area contributed by atoms with Crippen molar-refractivity contribution in [1.29, 1.82) is 0 Å². The van der Waals surface area contributed by atoms with Crippen molar-refractivity contribution in [2.45, 2.75) is 33.0 Å². The second-order valence-corrected chi connectivity index (χ2v) is 8.25. The molecule has 2 aromatic carbocycles. The number of anilines is 1. The number of aliphatic hydroxyl groups excluding tert-OH is 1. The predicted molar refractivity (Wildman–Crippen MR) is 124 cm³/mol. The molecule has 0 saturated heterocycles. The van der Waals surface area contributed by atoms with Crippen molar-refractivity contribution in [3.63, 3.8) is 0 Å². The summed E-state index contributed by atoms with van der Waals surface area (Å²) in [6, 6.07) is 19.7. The van der Waals surface area contributed by atoms with Crippen LogP contribution in [0.2, 0.25) is 0 Å². The Bertz CT molecular complexity index is 1310. The molecule has 3 heterocycles. The lowest BCUT2D eigenvalue weighted by molar-refractivity contribution is 0.0996. The molecule has 0 radical (unpaired) electrons. The third-order valence-electron chi connectivity index (χ3n) is 5.82. The molecule has 6 heteroatoms. The molecule has 32 heavy (non-hydrogen) atoms. The van der Waals surface area contributed by atoms with Crippen molar-refractivity contribution in [2.75, 3.05) is 4.90 Å². The fraction of sp³-hybridized carbons (Fsp3) is 0.192. The second kappa shape index (κ2) is 8.05. The molecule has 1 amide bonds. The maximum Gasteiger partial charge on any atom is 0.260 e. The van der Waals surface area contributed by atoms with Crippen molar-refractivity contribution in [2.24, 2.45) is 0 Å². The molecule has 6 nitrogen and oxygen atoms in total. The molecule has 0 fully saturated rings. The number of hydrogen-bond donors (Lipinski definition) is 1. The van der Waals surface area contributed by atoms with E-state index in [0.717, 1.165) is 33.8 Å². The molecular weight excluding hydrogens is 400 g/mol. The van der Waals surface area contributed by atoms with Gasteiger partial charge in [0.15, 0.2) is 5.82 Å². The van der Waals surface area contributed by atoms with Gasteiger partial charge in [0, 0.05) is 24.0 Å². The number of pyridine rings is 1. The molecule has 4 aromatic rings. The van der Waals surface area contributed by atoms with E-state index in [1.165, 1.54) is 0 Å². The minimum atomic E-state index is -0.0583. The number of carbonyl (C=O) groups is 1. The Morgan fingerprint density at radius 1 is 1.03 bits per heavy atom. The summed E-state index contributed by atoms with van der Waals surface area (Å²) in [5.74, 6) is 1.35. The number of nitrogens with zero attached hydrogens (tertiary/aromatic N) is 4. The van der Waals surface area contributed by atoms with Crippen LogP contribution >= 0.6 is 0 Å². The van der Waals surface area contributed by atoms with E-state index in [1.54, 1.807) is 11.1 Å². The van der Waals surface area contributed by atoms with E-state index in [1.807, 2.05) is 66.9 Å². The number of benzene rings is 2. The van der Waals surface area contributed by atoms with Gasteiger partial charge in [0.25, 0.3) is 5.91 Å². The maximum absolute atomic E-state index is 13.3. The topological polar surface area (TPSA) is 71.2 Å². The van der Waals surface area contributed by atoms with Crippen LogP contribution in [0.3, 0.4) is 0 Å². The summed E-state index contributed by atoms with van der Waals surface area (Å²) in [4.78, 5) is 24.3. The summed E-state index contributed by atoms with van der Waals surface area (Å²) in [7, 11) is 0. The normalized spacial score (nSPS) is 13.1. The first-order valence-electron chi connectivity index (χ1n) is 10.7. The average molecular weight is 425 g/mol. The van der Waals surface area contributed by atoms with Gasteiger partial charge in [0.05, 0.1) is 13.2 Å². The van der Waals surface area contributed by atoms with Gasteiger partial charge in [-0.2, -0.15) is 0 Å². The zero-order chi connectivity index (χ0) is 22.2. The van der Waals surface area contributed by atoms with Gasteiger partial charge in [-0.05, 0) is 60.4 Å². The van der Waals surface area contributed by atoms with E-state index in [-0.39, 0.29) is 18.6 Å². The van der Waals surface area contributed by atoms with Gasteiger partial charge >= 0.3 is 0 Å². The number of amides is 1. The lowest BCUT2D eigenvalue weighted by Gasteiger charge is -2.16. The van der Waals surface area contributed by atoms with Crippen molar-refractivity contribution < 1.29 is 9.90 Å². The number of imidazole rings is 1. The predicted octanol–water partition coefficient (Wildman–Crippen LogP) is 4.85. The van der Waals surface area contributed by atoms with Crippen LogP contribution in [0.4, 0.5) is 5.82 Å². The Morgan fingerprint density at radius 3 is 2.66 bits per heavy atom. The Hall–Kier alpha value is -3.77. The molecule has 160 valence electrons. The molecule has 5 rings (SSSR count). The highest BCUT2D eigenvalue weighted by Crippen LogP contribution is 2.32.